The van der Waals surface area contributed by atoms with Crippen molar-refractivity contribution >= 4 is 12.0 Å². The van der Waals surface area contributed by atoms with Gasteiger partial charge >= 0.3 is 0 Å². The SMILES string of the molecule is CN(C)CCNCCOc1cccc(C(NC(=O)C(C#N)=Cc2cncnc2)C2CCC2)c1. The van der Waals surface area contributed by atoms with Crippen LogP contribution in [-0.2, 0) is 4.79 Å². The van der Waals surface area contributed by atoms with Crippen LogP contribution in [0.3, 0.4) is 0 Å². The normalized spacial score (nSPS) is 14.9. The molecule has 0 saturated heterocycles. The van der Waals surface area contributed by atoms with E-state index in [0.29, 0.717) is 18.1 Å². The van der Waals surface area contributed by atoms with Crippen LogP contribution in [0.25, 0.3) is 6.08 Å². The third kappa shape index (κ3) is 7.67. The highest BCUT2D eigenvalue weighted by Crippen LogP contribution is 2.38. The van der Waals surface area contributed by atoms with Crippen LogP contribution < -0.4 is 15.4 Å². The maximum atomic E-state index is 12.9. The molecule has 3 rings (SSSR count). The quantitative estimate of drug-likeness (QED) is 0.292. The fourth-order valence-corrected chi connectivity index (χ4v) is 3.63. The van der Waals surface area contributed by atoms with Crippen LogP contribution in [-0.4, -0.2) is 61.1 Å². The Balaban J connectivity index is 1.64. The first-order valence-electron chi connectivity index (χ1n) is 11.3. The topological polar surface area (TPSA) is 103 Å². The minimum Gasteiger partial charge on any atom is -0.492 e. The molecule has 1 unspecified atom stereocenters. The van der Waals surface area contributed by atoms with E-state index in [2.05, 4.69) is 25.5 Å². The van der Waals surface area contributed by atoms with Crippen LogP contribution in [0.5, 0.6) is 5.75 Å². The molecule has 1 atom stereocenters. The Morgan fingerprint density at radius 3 is 2.76 bits per heavy atom. The predicted molar refractivity (Wildman–Crippen MR) is 127 cm³/mol. The third-order valence-electron chi connectivity index (χ3n) is 5.67. The molecular weight excluding hydrogens is 416 g/mol. The van der Waals surface area contributed by atoms with Gasteiger partial charge in [0.05, 0.1) is 6.04 Å². The first-order chi connectivity index (χ1) is 16.1. The second kappa shape index (κ2) is 12.7. The number of aromatic nitrogens is 2. The summed E-state index contributed by atoms with van der Waals surface area (Å²) in [5.41, 5.74) is 1.63. The largest absolute Gasteiger partial charge is 0.492 e. The van der Waals surface area contributed by atoms with Gasteiger partial charge in [-0.15, -0.1) is 0 Å². The van der Waals surface area contributed by atoms with Crippen LogP contribution in [0.1, 0.15) is 36.4 Å². The van der Waals surface area contributed by atoms with E-state index in [4.69, 9.17) is 4.74 Å². The molecule has 1 aliphatic rings. The van der Waals surface area contributed by atoms with Gasteiger partial charge in [-0.05, 0) is 56.6 Å². The van der Waals surface area contributed by atoms with Crippen molar-refractivity contribution in [1.82, 2.24) is 25.5 Å². The summed E-state index contributed by atoms with van der Waals surface area (Å²) in [6.07, 6.45) is 9.29. The number of ether oxygens (including phenoxy) is 1. The summed E-state index contributed by atoms with van der Waals surface area (Å²) < 4.78 is 5.92. The standard InChI is InChI=1S/C25H32N6O2/c1-31(2)11-9-27-10-12-33-23-8-4-7-21(14-23)24(20-5-3-6-20)30-25(32)22(15-26)13-19-16-28-18-29-17-19/h4,7-8,13-14,16-18,20,24,27H,3,5-6,9-12H2,1-2H3,(H,30,32). The van der Waals surface area contributed by atoms with Crippen molar-refractivity contribution < 1.29 is 9.53 Å². The summed E-state index contributed by atoms with van der Waals surface area (Å²) in [5, 5.41) is 16.0. The summed E-state index contributed by atoms with van der Waals surface area (Å²) in [6, 6.07) is 9.71. The number of hydrogen-bond acceptors (Lipinski definition) is 7. The zero-order chi connectivity index (χ0) is 23.5. The van der Waals surface area contributed by atoms with E-state index < -0.39 is 5.91 Å². The molecule has 0 bridgehead atoms. The van der Waals surface area contributed by atoms with Crippen molar-refractivity contribution in [2.45, 2.75) is 25.3 Å². The molecule has 2 N–H and O–H groups in total. The highest BCUT2D eigenvalue weighted by atomic mass is 16.5. The Kier molecular flexibility index (Phi) is 9.36. The van der Waals surface area contributed by atoms with Gasteiger partial charge in [0.25, 0.3) is 5.91 Å². The molecule has 2 aromatic rings. The third-order valence-corrected chi connectivity index (χ3v) is 5.67. The lowest BCUT2D eigenvalue weighted by Crippen LogP contribution is -2.36. The van der Waals surface area contributed by atoms with Gasteiger partial charge in [0, 0.05) is 37.6 Å². The fraction of sp³-hybridized carbons (Fsp3) is 0.440. The van der Waals surface area contributed by atoms with Gasteiger partial charge in [0.2, 0.25) is 0 Å². The molecule has 1 saturated carbocycles. The Morgan fingerprint density at radius 1 is 1.30 bits per heavy atom. The molecule has 1 aliphatic carbocycles. The Hall–Kier alpha value is -3.28. The number of amides is 1. The molecule has 8 heteroatoms. The molecule has 1 fully saturated rings. The summed E-state index contributed by atoms with van der Waals surface area (Å²) in [5.74, 6) is 0.726. The van der Waals surface area contributed by atoms with E-state index >= 15 is 0 Å². The van der Waals surface area contributed by atoms with Crippen molar-refractivity contribution in [3.63, 3.8) is 0 Å². The minimum atomic E-state index is -0.394. The van der Waals surface area contributed by atoms with Gasteiger partial charge in [0.1, 0.15) is 30.3 Å². The van der Waals surface area contributed by atoms with Crippen molar-refractivity contribution in [3.8, 4) is 11.8 Å². The summed E-state index contributed by atoms with van der Waals surface area (Å²) in [6.45, 7) is 3.23. The monoisotopic (exact) mass is 448 g/mol. The van der Waals surface area contributed by atoms with E-state index in [1.807, 2.05) is 44.4 Å². The molecule has 0 spiro atoms. The smallest absolute Gasteiger partial charge is 0.262 e. The average Bonchev–Trinajstić information content (AvgIpc) is 2.78. The molecule has 174 valence electrons. The lowest BCUT2D eigenvalue weighted by atomic mass is 9.77. The first-order valence-corrected chi connectivity index (χ1v) is 11.3. The summed E-state index contributed by atoms with van der Waals surface area (Å²) in [4.78, 5) is 22.9. The lowest BCUT2D eigenvalue weighted by molar-refractivity contribution is -0.118. The maximum absolute atomic E-state index is 12.9. The lowest BCUT2D eigenvalue weighted by Gasteiger charge is -2.34. The number of carbonyl (C=O) groups excluding carboxylic acids is 1. The Labute approximate surface area is 195 Å². The molecule has 8 nitrogen and oxygen atoms in total. The summed E-state index contributed by atoms with van der Waals surface area (Å²) in [7, 11) is 4.10. The minimum absolute atomic E-state index is 0.0327. The van der Waals surface area contributed by atoms with Gasteiger partial charge in [-0.1, -0.05) is 18.6 Å². The fourth-order valence-electron chi connectivity index (χ4n) is 3.63. The van der Waals surface area contributed by atoms with Gasteiger partial charge in [-0.2, -0.15) is 5.26 Å². The zero-order valence-corrected chi connectivity index (χ0v) is 19.3. The zero-order valence-electron chi connectivity index (χ0n) is 19.3. The molecule has 1 aromatic heterocycles. The van der Waals surface area contributed by atoms with Gasteiger partial charge in [-0.25, -0.2) is 9.97 Å². The number of hydrogen-bond donors (Lipinski definition) is 2. The van der Waals surface area contributed by atoms with Gasteiger partial charge in [0.15, 0.2) is 0 Å². The molecule has 0 aliphatic heterocycles. The van der Waals surface area contributed by atoms with Gasteiger partial charge in [-0.3, -0.25) is 4.79 Å². The van der Waals surface area contributed by atoms with E-state index in [9.17, 15) is 10.1 Å². The molecule has 1 heterocycles. The summed E-state index contributed by atoms with van der Waals surface area (Å²) >= 11 is 0. The highest BCUT2D eigenvalue weighted by molar-refractivity contribution is 6.01. The maximum Gasteiger partial charge on any atom is 0.262 e. The number of carbonyl (C=O) groups is 1. The average molecular weight is 449 g/mol. The Bertz CT molecular complexity index is 966. The van der Waals surface area contributed by atoms with Gasteiger partial charge < -0.3 is 20.3 Å². The highest BCUT2D eigenvalue weighted by Gasteiger charge is 2.30. The second-order valence-corrected chi connectivity index (χ2v) is 8.46. The van der Waals surface area contributed by atoms with Crippen molar-refractivity contribution in [2.75, 3.05) is 40.3 Å². The van der Waals surface area contributed by atoms with E-state index in [1.54, 1.807) is 12.4 Å². The number of rotatable bonds is 12. The molecule has 1 aromatic carbocycles. The number of benzene rings is 1. The second-order valence-electron chi connectivity index (χ2n) is 8.46. The number of likely N-dealkylation sites (N-methyl/N-ethyl adjacent to an activating group) is 1. The van der Waals surface area contributed by atoms with Crippen LogP contribution >= 0.6 is 0 Å². The molecule has 33 heavy (non-hydrogen) atoms. The van der Waals surface area contributed by atoms with E-state index in [1.165, 1.54) is 12.4 Å². The van der Waals surface area contributed by atoms with Crippen molar-refractivity contribution in [1.29, 1.82) is 5.26 Å². The van der Waals surface area contributed by atoms with Crippen LogP contribution in [0.15, 0.2) is 48.6 Å². The predicted octanol–water partition coefficient (Wildman–Crippen LogP) is 2.57. The van der Waals surface area contributed by atoms with Crippen molar-refractivity contribution in [2.24, 2.45) is 5.92 Å². The number of nitrogens with one attached hydrogen (secondary N) is 2. The molecule has 1 amide bonds. The Morgan fingerprint density at radius 2 is 2.09 bits per heavy atom. The van der Waals surface area contributed by atoms with Crippen LogP contribution in [0.4, 0.5) is 0 Å². The van der Waals surface area contributed by atoms with Crippen LogP contribution in [0.2, 0.25) is 0 Å². The van der Waals surface area contributed by atoms with Crippen LogP contribution in [0, 0.1) is 17.2 Å². The molecule has 0 radical (unpaired) electrons. The molecular formula is C25H32N6O2. The van der Waals surface area contributed by atoms with E-state index in [-0.39, 0.29) is 11.6 Å². The van der Waals surface area contributed by atoms with Crippen molar-refractivity contribution in [3.05, 3.63) is 59.7 Å². The number of nitrogens with zero attached hydrogens (tertiary/aromatic N) is 4. The first kappa shape index (κ1) is 24.4. The van der Waals surface area contributed by atoms with E-state index in [0.717, 1.165) is 50.2 Å². The number of nitriles is 1.